The summed E-state index contributed by atoms with van der Waals surface area (Å²) >= 11 is 0. The predicted molar refractivity (Wildman–Crippen MR) is 90.5 cm³/mol. The van der Waals surface area contributed by atoms with Crippen molar-refractivity contribution in [3.63, 3.8) is 0 Å². The van der Waals surface area contributed by atoms with E-state index in [2.05, 4.69) is 11.9 Å². The number of hydrogen-bond acceptors (Lipinski definition) is 5. The highest BCUT2D eigenvalue weighted by molar-refractivity contribution is 6.12. The average Bonchev–Trinajstić information content (AvgIpc) is 3.10. The summed E-state index contributed by atoms with van der Waals surface area (Å²) in [5, 5.41) is 0. The number of ether oxygens (including phenoxy) is 2. The van der Waals surface area contributed by atoms with Crippen molar-refractivity contribution in [2.24, 2.45) is 17.8 Å². The molecule has 2 aliphatic rings. The molecule has 0 amide bonds. The van der Waals surface area contributed by atoms with Crippen LogP contribution in [0.15, 0.2) is 0 Å². The lowest BCUT2D eigenvalue weighted by molar-refractivity contribution is -0.145. The zero-order valence-electron chi connectivity index (χ0n) is 15.2. The summed E-state index contributed by atoms with van der Waals surface area (Å²) in [7, 11) is 1.29. The Morgan fingerprint density at radius 2 is 1.88 bits per heavy atom. The summed E-state index contributed by atoms with van der Waals surface area (Å²) in [6.45, 7) is 5.66. The van der Waals surface area contributed by atoms with Crippen LogP contribution in [0.2, 0.25) is 0 Å². The van der Waals surface area contributed by atoms with Crippen LogP contribution < -0.4 is 0 Å². The van der Waals surface area contributed by atoms with Crippen LogP contribution in [-0.4, -0.2) is 35.9 Å². The first-order valence-electron chi connectivity index (χ1n) is 8.89. The molecule has 0 radical (unpaired) electrons. The topological polar surface area (TPSA) is 85.5 Å². The monoisotopic (exact) mass is 347 g/mol. The quantitative estimate of drug-likeness (QED) is 0.671. The number of methoxy groups -OCH3 is 1. The van der Waals surface area contributed by atoms with Gasteiger partial charge in [-0.05, 0) is 50.0 Å². The number of carbonyl (C=O) groups excluding carboxylic acids is 3. The van der Waals surface area contributed by atoms with Crippen LogP contribution in [0.5, 0.6) is 0 Å². The lowest BCUT2D eigenvalue weighted by Crippen LogP contribution is -2.36. The number of Topliss-reactive ketones (excluding diaryl/α,β-unsaturated/α-hetero) is 1. The number of ketones is 1. The van der Waals surface area contributed by atoms with Crippen LogP contribution in [0.1, 0.15) is 65.2 Å². The van der Waals surface area contributed by atoms with Gasteiger partial charge in [0.1, 0.15) is 17.7 Å². The first-order valence-corrected chi connectivity index (χ1v) is 8.89. The Morgan fingerprint density at radius 1 is 1.16 bits per heavy atom. The largest absolute Gasteiger partial charge is 0.468 e. The number of hydrogen-bond donors (Lipinski definition) is 1. The number of rotatable bonds is 3. The van der Waals surface area contributed by atoms with Crippen molar-refractivity contribution in [2.75, 3.05) is 7.11 Å². The third-order valence-electron chi connectivity index (χ3n) is 5.65. The Labute approximate surface area is 147 Å². The van der Waals surface area contributed by atoms with Gasteiger partial charge in [0, 0.05) is 11.3 Å². The third kappa shape index (κ3) is 2.98. The van der Waals surface area contributed by atoms with E-state index in [1.54, 1.807) is 6.92 Å². The number of nitrogens with one attached hydrogen (secondary N) is 1. The molecule has 1 fully saturated rings. The second-order valence-electron chi connectivity index (χ2n) is 7.38. The number of aromatic nitrogens is 1. The minimum Gasteiger partial charge on any atom is -0.468 e. The van der Waals surface area contributed by atoms with Gasteiger partial charge in [-0.2, -0.15) is 0 Å². The van der Waals surface area contributed by atoms with Gasteiger partial charge in [-0.1, -0.05) is 13.8 Å². The minimum atomic E-state index is -0.814. The van der Waals surface area contributed by atoms with Gasteiger partial charge in [-0.3, -0.25) is 9.59 Å². The maximum Gasteiger partial charge on any atom is 0.355 e. The fourth-order valence-electron chi connectivity index (χ4n) is 4.15. The minimum absolute atomic E-state index is 0.0651. The molecule has 2 aliphatic carbocycles. The van der Waals surface area contributed by atoms with Crippen LogP contribution in [0.25, 0.3) is 0 Å². The Bertz CT molecular complexity index is 720. The van der Waals surface area contributed by atoms with E-state index < -0.39 is 17.9 Å². The SMILES string of the molecule is COC(=O)[C@H]1C(=O)c2c([nH]c(C(=O)O[C@@H]3CCC[C@@H]3C)c2C)C[C@@H]1C. The molecular formula is C19H25NO5. The van der Waals surface area contributed by atoms with Gasteiger partial charge in [-0.15, -0.1) is 0 Å². The number of H-pyrrole nitrogens is 1. The molecule has 6 nitrogen and oxygen atoms in total. The Kier molecular flexibility index (Phi) is 4.71. The lowest BCUT2D eigenvalue weighted by Gasteiger charge is -2.25. The second kappa shape index (κ2) is 6.65. The van der Waals surface area contributed by atoms with Gasteiger partial charge in [-0.25, -0.2) is 4.79 Å². The fraction of sp³-hybridized carbons (Fsp3) is 0.632. The van der Waals surface area contributed by atoms with Crippen LogP contribution in [0, 0.1) is 24.7 Å². The van der Waals surface area contributed by atoms with Crippen molar-refractivity contribution in [3.8, 4) is 0 Å². The van der Waals surface area contributed by atoms with Crippen molar-refractivity contribution in [2.45, 2.75) is 52.6 Å². The summed E-state index contributed by atoms with van der Waals surface area (Å²) in [6, 6.07) is 0. The average molecular weight is 347 g/mol. The maximum atomic E-state index is 12.8. The molecule has 1 aromatic heterocycles. The summed E-state index contributed by atoms with van der Waals surface area (Å²) in [5.41, 5.74) is 2.05. The van der Waals surface area contributed by atoms with Gasteiger partial charge >= 0.3 is 11.9 Å². The van der Waals surface area contributed by atoms with E-state index in [4.69, 9.17) is 9.47 Å². The van der Waals surface area contributed by atoms with Gasteiger partial charge in [0.2, 0.25) is 0 Å². The second-order valence-corrected chi connectivity index (χ2v) is 7.38. The van der Waals surface area contributed by atoms with E-state index >= 15 is 0 Å². The Hall–Kier alpha value is -2.11. The van der Waals surface area contributed by atoms with E-state index in [1.165, 1.54) is 7.11 Å². The van der Waals surface area contributed by atoms with E-state index in [1.807, 2.05) is 6.92 Å². The summed E-state index contributed by atoms with van der Waals surface area (Å²) in [4.78, 5) is 40.4. The normalized spacial score (nSPS) is 28.6. The smallest absolute Gasteiger partial charge is 0.355 e. The van der Waals surface area contributed by atoms with Crippen LogP contribution in [0.4, 0.5) is 0 Å². The number of esters is 2. The van der Waals surface area contributed by atoms with Gasteiger partial charge in [0.25, 0.3) is 0 Å². The van der Waals surface area contributed by atoms with Gasteiger partial charge in [0.15, 0.2) is 5.78 Å². The maximum absolute atomic E-state index is 12.8. The van der Waals surface area contributed by atoms with Crippen molar-refractivity contribution < 1.29 is 23.9 Å². The first kappa shape index (κ1) is 17.7. The number of fused-ring (bicyclic) bond motifs is 1. The lowest BCUT2D eigenvalue weighted by atomic mass is 9.77. The van der Waals surface area contributed by atoms with Gasteiger partial charge < -0.3 is 14.5 Å². The molecule has 0 spiro atoms. The van der Waals surface area contributed by atoms with Crippen molar-refractivity contribution in [3.05, 3.63) is 22.5 Å². The van der Waals surface area contributed by atoms with E-state index in [9.17, 15) is 14.4 Å². The predicted octanol–water partition coefficient (Wildman–Crippen LogP) is 2.83. The molecule has 1 aromatic rings. The highest BCUT2D eigenvalue weighted by Gasteiger charge is 2.42. The molecular weight excluding hydrogens is 322 g/mol. The highest BCUT2D eigenvalue weighted by atomic mass is 16.5. The van der Waals surface area contributed by atoms with Crippen molar-refractivity contribution >= 4 is 17.7 Å². The summed E-state index contributed by atoms with van der Waals surface area (Å²) < 4.78 is 10.4. The Balaban J connectivity index is 1.88. The number of aromatic amines is 1. The molecule has 4 atom stereocenters. The van der Waals surface area contributed by atoms with Crippen LogP contribution in [0.3, 0.4) is 0 Å². The Morgan fingerprint density at radius 3 is 2.48 bits per heavy atom. The van der Waals surface area contributed by atoms with Crippen molar-refractivity contribution in [1.82, 2.24) is 4.98 Å². The molecule has 0 aliphatic heterocycles. The molecule has 1 heterocycles. The molecule has 25 heavy (non-hydrogen) atoms. The van der Waals surface area contributed by atoms with Crippen molar-refractivity contribution in [1.29, 1.82) is 0 Å². The zero-order chi connectivity index (χ0) is 18.3. The fourth-order valence-corrected chi connectivity index (χ4v) is 4.15. The third-order valence-corrected chi connectivity index (χ3v) is 5.65. The van der Waals surface area contributed by atoms with Gasteiger partial charge in [0.05, 0.1) is 7.11 Å². The molecule has 1 N–H and O–H groups in total. The molecule has 0 saturated heterocycles. The van der Waals surface area contributed by atoms with E-state index in [0.717, 1.165) is 19.3 Å². The highest BCUT2D eigenvalue weighted by Crippen LogP contribution is 2.35. The summed E-state index contributed by atoms with van der Waals surface area (Å²) in [6.07, 6.45) is 3.47. The molecule has 0 aromatic carbocycles. The van der Waals surface area contributed by atoms with Crippen LogP contribution >= 0.6 is 0 Å². The molecule has 0 bridgehead atoms. The molecule has 3 rings (SSSR count). The molecule has 1 saturated carbocycles. The zero-order valence-corrected chi connectivity index (χ0v) is 15.2. The summed E-state index contributed by atoms with van der Waals surface area (Å²) in [5.74, 6) is -1.84. The van der Waals surface area contributed by atoms with E-state index in [-0.39, 0.29) is 17.8 Å². The number of carbonyl (C=O) groups is 3. The standard InChI is InChI=1S/C19H25NO5/c1-9-6-5-7-13(9)25-19(23)16-11(3)15-12(20-16)8-10(2)14(17(15)21)18(22)24-4/h9-10,13-14,20H,5-8H2,1-4H3/t9-,10-,13+,14+/m0/s1. The first-order chi connectivity index (χ1) is 11.8. The molecule has 0 unspecified atom stereocenters. The van der Waals surface area contributed by atoms with Crippen LogP contribution in [-0.2, 0) is 20.7 Å². The van der Waals surface area contributed by atoms with E-state index in [0.29, 0.717) is 34.9 Å². The molecule has 6 heteroatoms. The molecule has 136 valence electrons.